The smallest absolute Gasteiger partial charge is 0.181 e. The minimum Gasteiger partial charge on any atom is -0.375 e. The van der Waals surface area contributed by atoms with Gasteiger partial charge in [-0.05, 0) is 0 Å². The molecule has 0 saturated carbocycles. The number of nitrogen functional groups attached to an aromatic ring is 1. The van der Waals surface area contributed by atoms with Crippen LogP contribution in [-0.4, -0.2) is 10.1 Å². The molecule has 1 aromatic carbocycles. The molecule has 96 valence electrons. The maximum Gasteiger partial charge on any atom is 0.181 e. The second kappa shape index (κ2) is 5.46. The van der Waals surface area contributed by atoms with E-state index in [1.165, 1.54) is 11.3 Å². The number of nitrogens with zero attached hydrogens (tertiary/aromatic N) is 2. The first kappa shape index (κ1) is 12.3. The van der Waals surface area contributed by atoms with Gasteiger partial charge >= 0.3 is 0 Å². The average molecular weight is 289 g/mol. The molecule has 0 aliphatic carbocycles. The van der Waals surface area contributed by atoms with Gasteiger partial charge in [-0.15, -0.1) is 11.8 Å². The van der Waals surface area contributed by atoms with Gasteiger partial charge in [0.25, 0.3) is 0 Å². The standard InChI is InChI=1S/C13H11N3OS2/c14-13-15-7-12(19-13)18-8-10-6-11(17-16-10)9-4-2-1-3-5-9/h1-7H,8H2,(H2,14,15). The van der Waals surface area contributed by atoms with E-state index < -0.39 is 0 Å². The highest BCUT2D eigenvalue weighted by Crippen LogP contribution is 2.30. The van der Waals surface area contributed by atoms with Gasteiger partial charge in [0.05, 0.1) is 16.1 Å². The summed E-state index contributed by atoms with van der Waals surface area (Å²) in [6, 6.07) is 11.9. The molecule has 0 unspecified atom stereocenters. The van der Waals surface area contributed by atoms with Crippen LogP contribution >= 0.6 is 23.1 Å². The van der Waals surface area contributed by atoms with Crippen LogP contribution in [0.1, 0.15) is 5.69 Å². The number of thiazole rings is 1. The maximum atomic E-state index is 5.59. The monoisotopic (exact) mass is 289 g/mol. The molecule has 2 heterocycles. The fraction of sp³-hybridized carbons (Fsp3) is 0.0769. The SMILES string of the molecule is Nc1ncc(SCc2cc(-c3ccccc3)on2)s1. The Kier molecular flexibility index (Phi) is 3.52. The minimum atomic E-state index is 0.590. The van der Waals surface area contributed by atoms with E-state index in [1.807, 2.05) is 36.4 Å². The number of rotatable bonds is 4. The molecule has 0 fully saturated rings. The molecular weight excluding hydrogens is 278 g/mol. The lowest BCUT2D eigenvalue weighted by Gasteiger charge is -1.92. The van der Waals surface area contributed by atoms with Crippen LogP contribution in [0.25, 0.3) is 11.3 Å². The Bertz CT molecular complexity index is 663. The largest absolute Gasteiger partial charge is 0.375 e. The van der Waals surface area contributed by atoms with Crippen LogP contribution in [-0.2, 0) is 5.75 Å². The summed E-state index contributed by atoms with van der Waals surface area (Å²) in [7, 11) is 0. The van der Waals surface area contributed by atoms with Crippen molar-refractivity contribution in [2.45, 2.75) is 9.96 Å². The third-order valence-electron chi connectivity index (χ3n) is 2.48. The molecule has 0 atom stereocenters. The number of nitrogens with two attached hydrogens (primary N) is 1. The van der Waals surface area contributed by atoms with E-state index >= 15 is 0 Å². The molecule has 19 heavy (non-hydrogen) atoms. The molecule has 0 amide bonds. The fourth-order valence-electron chi connectivity index (χ4n) is 1.60. The Hall–Kier alpha value is -1.79. The first-order chi connectivity index (χ1) is 9.31. The van der Waals surface area contributed by atoms with Crippen LogP contribution in [0.3, 0.4) is 0 Å². The summed E-state index contributed by atoms with van der Waals surface area (Å²) in [4.78, 5) is 4.01. The topological polar surface area (TPSA) is 64.9 Å². The first-order valence-corrected chi connectivity index (χ1v) is 7.46. The van der Waals surface area contributed by atoms with Crippen molar-refractivity contribution in [3.05, 3.63) is 48.3 Å². The zero-order valence-electron chi connectivity index (χ0n) is 9.95. The second-order valence-electron chi connectivity index (χ2n) is 3.85. The number of anilines is 1. The van der Waals surface area contributed by atoms with Gasteiger partial charge < -0.3 is 10.3 Å². The Balaban J connectivity index is 1.68. The molecule has 0 saturated heterocycles. The number of hydrogen-bond donors (Lipinski definition) is 1. The molecule has 2 aromatic heterocycles. The molecule has 0 spiro atoms. The van der Waals surface area contributed by atoms with Gasteiger partial charge in [-0.3, -0.25) is 0 Å². The molecule has 3 aromatic rings. The molecule has 0 radical (unpaired) electrons. The van der Waals surface area contributed by atoms with Gasteiger partial charge in [-0.1, -0.05) is 46.8 Å². The van der Waals surface area contributed by atoms with Crippen LogP contribution < -0.4 is 5.73 Å². The zero-order valence-corrected chi connectivity index (χ0v) is 11.6. The van der Waals surface area contributed by atoms with Gasteiger partial charge in [-0.25, -0.2) is 4.98 Å². The summed E-state index contributed by atoms with van der Waals surface area (Å²) in [5.41, 5.74) is 7.54. The lowest BCUT2D eigenvalue weighted by Crippen LogP contribution is -1.77. The van der Waals surface area contributed by atoms with Crippen molar-refractivity contribution < 1.29 is 4.52 Å². The molecule has 3 rings (SSSR count). The van der Waals surface area contributed by atoms with Gasteiger partial charge in [0.1, 0.15) is 0 Å². The van der Waals surface area contributed by atoms with E-state index in [9.17, 15) is 0 Å². The van der Waals surface area contributed by atoms with Crippen LogP contribution in [0.4, 0.5) is 5.13 Å². The van der Waals surface area contributed by atoms with E-state index in [-0.39, 0.29) is 0 Å². The zero-order chi connectivity index (χ0) is 13.1. The predicted molar refractivity (Wildman–Crippen MR) is 78.0 cm³/mol. The van der Waals surface area contributed by atoms with Gasteiger partial charge in [0.15, 0.2) is 10.9 Å². The van der Waals surface area contributed by atoms with E-state index in [0.29, 0.717) is 5.13 Å². The Morgan fingerprint density at radius 1 is 1.26 bits per heavy atom. The molecule has 4 nitrogen and oxygen atoms in total. The number of thioether (sulfide) groups is 1. The number of hydrogen-bond acceptors (Lipinski definition) is 6. The third kappa shape index (κ3) is 2.97. The summed E-state index contributed by atoms with van der Waals surface area (Å²) in [5, 5.41) is 4.66. The lowest BCUT2D eigenvalue weighted by atomic mass is 10.2. The Morgan fingerprint density at radius 3 is 2.84 bits per heavy atom. The van der Waals surface area contributed by atoms with Crippen molar-refractivity contribution >= 4 is 28.2 Å². The van der Waals surface area contributed by atoms with Crippen molar-refractivity contribution in [2.24, 2.45) is 0 Å². The minimum absolute atomic E-state index is 0.590. The van der Waals surface area contributed by atoms with Crippen molar-refractivity contribution in [3.8, 4) is 11.3 Å². The van der Waals surface area contributed by atoms with Crippen LogP contribution in [0.2, 0.25) is 0 Å². The molecule has 0 aliphatic heterocycles. The highest BCUT2D eigenvalue weighted by Gasteiger charge is 2.07. The number of benzene rings is 1. The number of aromatic nitrogens is 2. The molecule has 6 heteroatoms. The molecule has 0 bridgehead atoms. The van der Waals surface area contributed by atoms with Gasteiger partial charge in [-0.2, -0.15) is 0 Å². The second-order valence-corrected chi connectivity index (χ2v) is 6.19. The van der Waals surface area contributed by atoms with Crippen molar-refractivity contribution in [2.75, 3.05) is 5.73 Å². The van der Waals surface area contributed by atoms with Crippen molar-refractivity contribution in [1.29, 1.82) is 0 Å². The van der Waals surface area contributed by atoms with E-state index in [1.54, 1.807) is 18.0 Å². The lowest BCUT2D eigenvalue weighted by molar-refractivity contribution is 0.426. The van der Waals surface area contributed by atoms with E-state index in [4.69, 9.17) is 10.3 Å². The van der Waals surface area contributed by atoms with E-state index in [2.05, 4.69) is 10.1 Å². The fourth-order valence-corrected chi connectivity index (χ4v) is 3.24. The highest BCUT2D eigenvalue weighted by molar-refractivity contribution is 8.00. The maximum absolute atomic E-state index is 5.59. The van der Waals surface area contributed by atoms with Gasteiger partial charge in [0.2, 0.25) is 0 Å². The summed E-state index contributed by atoms with van der Waals surface area (Å²) in [6.45, 7) is 0. The van der Waals surface area contributed by atoms with Crippen LogP contribution in [0, 0.1) is 0 Å². The quantitative estimate of drug-likeness (QED) is 0.742. The van der Waals surface area contributed by atoms with Gasteiger partial charge in [0, 0.05) is 17.4 Å². The Morgan fingerprint density at radius 2 is 2.11 bits per heavy atom. The summed E-state index contributed by atoms with van der Waals surface area (Å²) in [5.74, 6) is 1.54. The van der Waals surface area contributed by atoms with Crippen molar-refractivity contribution in [3.63, 3.8) is 0 Å². The van der Waals surface area contributed by atoms with Crippen LogP contribution in [0.15, 0.2) is 51.3 Å². The van der Waals surface area contributed by atoms with Crippen LogP contribution in [0.5, 0.6) is 0 Å². The summed E-state index contributed by atoms with van der Waals surface area (Å²) in [6.07, 6.45) is 1.78. The summed E-state index contributed by atoms with van der Waals surface area (Å²) < 4.78 is 6.43. The van der Waals surface area contributed by atoms with E-state index in [0.717, 1.165) is 27.0 Å². The third-order valence-corrected chi connectivity index (χ3v) is 4.54. The molecule has 0 aliphatic rings. The van der Waals surface area contributed by atoms with Crippen molar-refractivity contribution in [1.82, 2.24) is 10.1 Å². The molecular formula is C13H11N3OS2. The first-order valence-electron chi connectivity index (χ1n) is 5.66. The summed E-state index contributed by atoms with van der Waals surface area (Å²) >= 11 is 3.14. The predicted octanol–water partition coefficient (Wildman–Crippen LogP) is 3.67. The Labute approximate surface area is 118 Å². The molecule has 2 N–H and O–H groups in total. The highest BCUT2D eigenvalue weighted by atomic mass is 32.2. The average Bonchev–Trinajstić information content (AvgIpc) is 3.06. The normalized spacial score (nSPS) is 10.7.